The van der Waals surface area contributed by atoms with Crippen LogP contribution in [0.5, 0.6) is 5.75 Å². The smallest absolute Gasteiger partial charge is 0.255 e. The van der Waals surface area contributed by atoms with Gasteiger partial charge in [0.25, 0.3) is 5.91 Å². The Morgan fingerprint density at radius 1 is 1.02 bits per heavy atom. The van der Waals surface area contributed by atoms with Crippen molar-refractivity contribution in [3.63, 3.8) is 0 Å². The Hall–Kier alpha value is -3.68. The summed E-state index contributed by atoms with van der Waals surface area (Å²) in [7, 11) is 1.67. The topological polar surface area (TPSA) is 70.8 Å². The van der Waals surface area contributed by atoms with Crippen LogP contribution < -0.4 is 4.74 Å². The number of imidazole rings is 1. The Kier molecular flexibility index (Phi) is 8.47. The van der Waals surface area contributed by atoms with Gasteiger partial charge in [-0.3, -0.25) is 14.3 Å². The van der Waals surface area contributed by atoms with Crippen LogP contribution in [0.3, 0.4) is 0 Å². The summed E-state index contributed by atoms with van der Waals surface area (Å²) >= 11 is 0. The summed E-state index contributed by atoms with van der Waals surface area (Å²) in [5.41, 5.74) is 8.00. The van der Waals surface area contributed by atoms with Gasteiger partial charge in [-0.2, -0.15) is 0 Å². The number of fused-ring (bicyclic) bond motifs is 1. The molecule has 1 aromatic heterocycles. The SMILES string of the molecule is COc1ccc(-n2c(CN(C(=O)c3c(C)cc(C)cc3C)C(C)C)nc3cc(CN4CCC(O)CC4)ccc32)cc1. The molecule has 3 aromatic carbocycles. The van der Waals surface area contributed by atoms with E-state index in [1.165, 1.54) is 5.56 Å². The highest BCUT2D eigenvalue weighted by Crippen LogP contribution is 2.28. The van der Waals surface area contributed by atoms with Gasteiger partial charge in [-0.25, -0.2) is 4.98 Å². The fraction of sp³-hybridized carbons (Fsp3) is 0.412. The molecule has 1 amide bonds. The Balaban J connectivity index is 1.54. The van der Waals surface area contributed by atoms with Gasteiger partial charge in [-0.1, -0.05) is 23.8 Å². The molecule has 216 valence electrons. The molecule has 4 aromatic rings. The lowest BCUT2D eigenvalue weighted by Gasteiger charge is -2.29. The van der Waals surface area contributed by atoms with Gasteiger partial charge in [0, 0.05) is 36.9 Å². The van der Waals surface area contributed by atoms with Crippen LogP contribution in [0.25, 0.3) is 16.7 Å². The second kappa shape index (κ2) is 12.0. The number of aryl methyl sites for hydroxylation is 3. The highest BCUT2D eigenvalue weighted by atomic mass is 16.5. The second-order valence-corrected chi connectivity index (χ2v) is 11.7. The predicted molar refractivity (Wildman–Crippen MR) is 164 cm³/mol. The molecule has 1 saturated heterocycles. The van der Waals surface area contributed by atoms with Crippen LogP contribution >= 0.6 is 0 Å². The number of methoxy groups -OCH3 is 1. The first-order chi connectivity index (χ1) is 19.6. The summed E-state index contributed by atoms with van der Waals surface area (Å²) < 4.78 is 7.57. The Morgan fingerprint density at radius 3 is 2.29 bits per heavy atom. The molecule has 1 aliphatic heterocycles. The summed E-state index contributed by atoms with van der Waals surface area (Å²) in [4.78, 5) is 23.5. The maximum Gasteiger partial charge on any atom is 0.255 e. The zero-order valence-electron chi connectivity index (χ0n) is 25.1. The van der Waals surface area contributed by atoms with Crippen molar-refractivity contribution in [2.75, 3.05) is 20.2 Å². The lowest BCUT2D eigenvalue weighted by molar-refractivity contribution is 0.0682. The fourth-order valence-electron chi connectivity index (χ4n) is 6.04. The minimum atomic E-state index is -0.185. The van der Waals surface area contributed by atoms with Gasteiger partial charge in [0.15, 0.2) is 0 Å². The lowest BCUT2D eigenvalue weighted by Crippen LogP contribution is -2.38. The van der Waals surface area contributed by atoms with E-state index in [9.17, 15) is 9.90 Å². The van der Waals surface area contributed by atoms with E-state index in [2.05, 4.69) is 60.6 Å². The number of likely N-dealkylation sites (tertiary alicyclic amines) is 1. The molecule has 1 aliphatic rings. The van der Waals surface area contributed by atoms with Crippen molar-refractivity contribution < 1.29 is 14.6 Å². The number of hydrogen-bond acceptors (Lipinski definition) is 5. The number of carbonyl (C=O) groups is 1. The van der Waals surface area contributed by atoms with E-state index in [0.29, 0.717) is 6.54 Å². The monoisotopic (exact) mass is 554 g/mol. The molecule has 0 aliphatic carbocycles. The molecule has 1 N–H and O–H groups in total. The van der Waals surface area contributed by atoms with E-state index in [1.807, 2.05) is 43.0 Å². The first kappa shape index (κ1) is 28.8. The molecule has 5 rings (SSSR count). The number of carbonyl (C=O) groups excluding carboxylic acids is 1. The second-order valence-electron chi connectivity index (χ2n) is 11.7. The number of aromatic nitrogens is 2. The van der Waals surface area contributed by atoms with Crippen LogP contribution in [-0.2, 0) is 13.1 Å². The normalized spacial score (nSPS) is 14.6. The minimum absolute atomic E-state index is 0.0169. The maximum atomic E-state index is 14.0. The van der Waals surface area contributed by atoms with E-state index in [-0.39, 0.29) is 18.1 Å². The van der Waals surface area contributed by atoms with Crippen molar-refractivity contribution >= 4 is 16.9 Å². The fourth-order valence-corrected chi connectivity index (χ4v) is 6.04. The van der Waals surface area contributed by atoms with Crippen molar-refractivity contribution in [1.29, 1.82) is 0 Å². The van der Waals surface area contributed by atoms with Crippen LogP contribution in [-0.4, -0.2) is 62.7 Å². The number of aliphatic hydroxyl groups is 1. The van der Waals surface area contributed by atoms with Gasteiger partial charge in [0.1, 0.15) is 11.6 Å². The molecule has 7 nitrogen and oxygen atoms in total. The molecule has 0 saturated carbocycles. The van der Waals surface area contributed by atoms with Crippen molar-refractivity contribution in [2.24, 2.45) is 0 Å². The minimum Gasteiger partial charge on any atom is -0.497 e. The predicted octanol–water partition coefficient (Wildman–Crippen LogP) is 5.97. The summed E-state index contributed by atoms with van der Waals surface area (Å²) in [5.74, 6) is 1.63. The maximum absolute atomic E-state index is 14.0. The Labute approximate surface area is 243 Å². The van der Waals surface area contributed by atoms with Gasteiger partial charge in [-0.15, -0.1) is 0 Å². The summed E-state index contributed by atoms with van der Waals surface area (Å²) in [6.07, 6.45) is 1.45. The number of piperidine rings is 1. The van der Waals surface area contributed by atoms with Crippen molar-refractivity contribution in [2.45, 2.75) is 72.7 Å². The van der Waals surface area contributed by atoms with Crippen LogP contribution in [0, 0.1) is 20.8 Å². The molecule has 0 bridgehead atoms. The average molecular weight is 555 g/mol. The molecule has 0 radical (unpaired) electrons. The molecule has 1 fully saturated rings. The number of amides is 1. The van der Waals surface area contributed by atoms with Gasteiger partial charge < -0.3 is 14.7 Å². The third-order valence-electron chi connectivity index (χ3n) is 8.17. The first-order valence-electron chi connectivity index (χ1n) is 14.6. The summed E-state index contributed by atoms with van der Waals surface area (Å²) in [6.45, 7) is 13.2. The van der Waals surface area contributed by atoms with Crippen LogP contribution in [0.4, 0.5) is 0 Å². The molecule has 7 heteroatoms. The van der Waals surface area contributed by atoms with Gasteiger partial charge in [-0.05, 0) is 101 Å². The van der Waals surface area contributed by atoms with Crippen molar-refractivity contribution in [3.8, 4) is 11.4 Å². The number of nitrogens with zero attached hydrogens (tertiary/aromatic N) is 4. The number of hydrogen-bond donors (Lipinski definition) is 1. The van der Waals surface area contributed by atoms with Gasteiger partial charge in [0.2, 0.25) is 0 Å². The third kappa shape index (κ3) is 6.16. The van der Waals surface area contributed by atoms with Crippen molar-refractivity contribution in [1.82, 2.24) is 19.4 Å². The Morgan fingerprint density at radius 2 is 1.68 bits per heavy atom. The standard InChI is InChI=1S/C34H42N4O3/c1-22(2)37(34(40)33-24(4)17-23(3)18-25(33)5)21-32-35-30-19-26(20-36-15-13-28(39)14-16-36)7-12-31(30)38(32)27-8-10-29(41-6)11-9-27/h7-12,17-19,22,28,39H,13-16,20-21H2,1-6H3. The van der Waals surface area contributed by atoms with E-state index in [0.717, 1.165) is 83.0 Å². The molecule has 0 atom stereocenters. The number of aliphatic hydroxyl groups excluding tert-OH is 1. The molecule has 41 heavy (non-hydrogen) atoms. The highest BCUT2D eigenvalue weighted by molar-refractivity contribution is 5.97. The number of benzene rings is 3. The Bertz CT molecular complexity index is 1510. The largest absolute Gasteiger partial charge is 0.497 e. The first-order valence-corrected chi connectivity index (χ1v) is 14.6. The average Bonchev–Trinajstić information content (AvgIpc) is 3.29. The van der Waals surface area contributed by atoms with Gasteiger partial charge in [0.05, 0.1) is 30.8 Å². The van der Waals surface area contributed by atoms with E-state index >= 15 is 0 Å². The molecule has 2 heterocycles. The number of rotatable bonds is 8. The molecular formula is C34H42N4O3. The van der Waals surface area contributed by atoms with Gasteiger partial charge >= 0.3 is 0 Å². The van der Waals surface area contributed by atoms with Crippen LogP contribution in [0.2, 0.25) is 0 Å². The lowest BCUT2D eigenvalue weighted by atomic mass is 9.98. The van der Waals surface area contributed by atoms with Crippen molar-refractivity contribution in [3.05, 3.63) is 88.2 Å². The summed E-state index contributed by atoms with van der Waals surface area (Å²) in [5, 5.41) is 9.90. The quantitative estimate of drug-likeness (QED) is 0.291. The van der Waals surface area contributed by atoms with Crippen LogP contribution in [0.15, 0.2) is 54.6 Å². The third-order valence-corrected chi connectivity index (χ3v) is 8.17. The molecular weight excluding hydrogens is 512 g/mol. The summed E-state index contributed by atoms with van der Waals surface area (Å²) in [6, 6.07) is 18.6. The van der Waals surface area contributed by atoms with E-state index in [4.69, 9.17) is 9.72 Å². The van der Waals surface area contributed by atoms with E-state index < -0.39 is 0 Å². The van der Waals surface area contributed by atoms with E-state index in [1.54, 1.807) is 7.11 Å². The zero-order chi connectivity index (χ0) is 29.3. The molecule has 0 spiro atoms. The van der Waals surface area contributed by atoms with Crippen LogP contribution in [0.1, 0.15) is 65.1 Å². The number of ether oxygens (including phenoxy) is 1. The molecule has 0 unspecified atom stereocenters. The highest BCUT2D eigenvalue weighted by Gasteiger charge is 2.26. The zero-order valence-corrected chi connectivity index (χ0v) is 25.1.